The van der Waals surface area contributed by atoms with Gasteiger partial charge in [0.1, 0.15) is 17.9 Å². The van der Waals surface area contributed by atoms with Gasteiger partial charge in [0.05, 0.1) is 22.9 Å². The van der Waals surface area contributed by atoms with E-state index in [0.29, 0.717) is 5.56 Å². The number of amides is 2. The summed E-state index contributed by atoms with van der Waals surface area (Å²) in [6, 6.07) is 9.83. The summed E-state index contributed by atoms with van der Waals surface area (Å²) in [7, 11) is 0. The van der Waals surface area contributed by atoms with Crippen molar-refractivity contribution in [2.75, 3.05) is 24.5 Å². The molecule has 2 aliphatic heterocycles. The molecule has 10 heteroatoms. The average molecular weight is 462 g/mol. The zero-order valence-corrected chi connectivity index (χ0v) is 18.0. The molecule has 6 nitrogen and oxygen atoms in total. The van der Waals surface area contributed by atoms with Crippen molar-refractivity contribution in [2.45, 2.75) is 32.1 Å². The highest BCUT2D eigenvalue weighted by Crippen LogP contribution is 2.34. The van der Waals surface area contributed by atoms with E-state index in [1.165, 1.54) is 29.2 Å². The molecule has 2 saturated heterocycles. The zero-order chi connectivity index (χ0) is 24.4. The number of benzene rings is 2. The monoisotopic (exact) mass is 462 g/mol. The van der Waals surface area contributed by atoms with Crippen molar-refractivity contribution in [2.24, 2.45) is 0 Å². The summed E-state index contributed by atoms with van der Waals surface area (Å²) in [6.45, 7) is 3.83. The van der Waals surface area contributed by atoms with Gasteiger partial charge < -0.3 is 10.2 Å². The molecule has 2 amide bonds. The van der Waals surface area contributed by atoms with Crippen LogP contribution in [0.4, 0.5) is 23.2 Å². The van der Waals surface area contributed by atoms with Crippen LogP contribution in [0.5, 0.6) is 0 Å². The summed E-state index contributed by atoms with van der Waals surface area (Å²) in [6.07, 6.45) is -4.47. The van der Waals surface area contributed by atoms with Crippen molar-refractivity contribution in [3.63, 3.8) is 0 Å². The predicted molar refractivity (Wildman–Crippen MR) is 112 cm³/mol. The van der Waals surface area contributed by atoms with Crippen LogP contribution >= 0.6 is 0 Å². The van der Waals surface area contributed by atoms with E-state index in [1.807, 2.05) is 13.8 Å². The molecule has 0 bridgehead atoms. The molecule has 2 aromatic rings. The molecule has 0 unspecified atom stereocenters. The SMILES string of the molecule is CC.N#Cc1ccc(N2CC(=O)N(Cc3ccc(C(F)(F)F)cc3)C3(CNC3)C2=O)c(F)c1. The summed E-state index contributed by atoms with van der Waals surface area (Å²) in [4.78, 5) is 28.6. The number of halogens is 4. The van der Waals surface area contributed by atoms with Crippen molar-refractivity contribution in [3.05, 3.63) is 65.0 Å². The lowest BCUT2D eigenvalue weighted by molar-refractivity contribution is -0.155. The Labute approximate surface area is 188 Å². The van der Waals surface area contributed by atoms with Gasteiger partial charge in [0.2, 0.25) is 5.91 Å². The average Bonchev–Trinajstić information content (AvgIpc) is 2.76. The maximum atomic E-state index is 14.5. The molecule has 1 N–H and O–H groups in total. The van der Waals surface area contributed by atoms with Crippen LogP contribution in [0.1, 0.15) is 30.5 Å². The highest BCUT2D eigenvalue weighted by molar-refractivity contribution is 6.10. The molecule has 33 heavy (non-hydrogen) atoms. The zero-order valence-electron chi connectivity index (χ0n) is 18.0. The first-order valence-electron chi connectivity index (χ1n) is 10.3. The van der Waals surface area contributed by atoms with E-state index in [1.54, 1.807) is 6.07 Å². The van der Waals surface area contributed by atoms with Crippen LogP contribution < -0.4 is 10.2 Å². The van der Waals surface area contributed by atoms with Crippen LogP contribution in [0, 0.1) is 17.1 Å². The predicted octanol–water partition coefficient (Wildman–Crippen LogP) is 3.46. The first kappa shape index (κ1) is 24.2. The van der Waals surface area contributed by atoms with E-state index < -0.39 is 41.5 Å². The van der Waals surface area contributed by atoms with Gasteiger partial charge in [-0.2, -0.15) is 18.4 Å². The molecular formula is C23H22F4N4O2. The normalized spacial score (nSPS) is 17.2. The third kappa shape index (κ3) is 4.41. The van der Waals surface area contributed by atoms with Gasteiger partial charge in [-0.05, 0) is 35.9 Å². The number of nitrogens with zero attached hydrogens (tertiary/aromatic N) is 3. The van der Waals surface area contributed by atoms with Crippen molar-refractivity contribution in [3.8, 4) is 6.07 Å². The van der Waals surface area contributed by atoms with Gasteiger partial charge in [0.15, 0.2) is 0 Å². The van der Waals surface area contributed by atoms with Crippen molar-refractivity contribution >= 4 is 17.5 Å². The van der Waals surface area contributed by atoms with Crippen LogP contribution in [0.3, 0.4) is 0 Å². The summed E-state index contributed by atoms with van der Waals surface area (Å²) in [5.41, 5.74) is -1.63. The summed E-state index contributed by atoms with van der Waals surface area (Å²) < 4.78 is 52.9. The van der Waals surface area contributed by atoms with Gasteiger partial charge in [0, 0.05) is 19.6 Å². The highest BCUT2D eigenvalue weighted by Gasteiger charge is 2.56. The lowest BCUT2D eigenvalue weighted by Crippen LogP contribution is -2.80. The number of carbonyl (C=O) groups excluding carboxylic acids is 2. The molecule has 2 aromatic carbocycles. The molecular weight excluding hydrogens is 440 g/mol. The number of hydrogen-bond acceptors (Lipinski definition) is 4. The van der Waals surface area contributed by atoms with E-state index in [2.05, 4.69) is 5.32 Å². The third-order valence-electron chi connectivity index (χ3n) is 5.58. The Balaban J connectivity index is 0.00000149. The number of alkyl halides is 3. The second kappa shape index (κ2) is 9.19. The minimum atomic E-state index is -4.47. The Kier molecular flexibility index (Phi) is 6.74. The van der Waals surface area contributed by atoms with Crippen molar-refractivity contribution < 1.29 is 27.2 Å². The molecule has 0 aromatic heterocycles. The van der Waals surface area contributed by atoms with E-state index in [9.17, 15) is 27.2 Å². The molecule has 174 valence electrons. The van der Waals surface area contributed by atoms with Crippen LogP contribution in [0.2, 0.25) is 0 Å². The van der Waals surface area contributed by atoms with Crippen molar-refractivity contribution in [1.29, 1.82) is 5.26 Å². The molecule has 0 atom stereocenters. The number of nitriles is 1. The smallest absolute Gasteiger partial charge is 0.320 e. The summed E-state index contributed by atoms with van der Waals surface area (Å²) in [5, 5.41) is 11.8. The highest BCUT2D eigenvalue weighted by atomic mass is 19.4. The fourth-order valence-corrected chi connectivity index (χ4v) is 3.81. The molecule has 1 spiro atoms. The largest absolute Gasteiger partial charge is 0.416 e. The molecule has 2 fully saturated rings. The minimum Gasteiger partial charge on any atom is -0.320 e. The maximum absolute atomic E-state index is 14.5. The Hall–Kier alpha value is -3.45. The van der Waals surface area contributed by atoms with E-state index in [4.69, 9.17) is 5.26 Å². The second-order valence-electron chi connectivity index (χ2n) is 7.48. The van der Waals surface area contributed by atoms with Gasteiger partial charge in [-0.1, -0.05) is 26.0 Å². The van der Waals surface area contributed by atoms with E-state index in [-0.39, 0.29) is 30.9 Å². The van der Waals surface area contributed by atoms with Crippen LogP contribution in [0.25, 0.3) is 0 Å². The Morgan fingerprint density at radius 3 is 2.21 bits per heavy atom. The Morgan fingerprint density at radius 2 is 1.73 bits per heavy atom. The number of piperazine rings is 1. The quantitative estimate of drug-likeness (QED) is 0.709. The van der Waals surface area contributed by atoms with Gasteiger partial charge in [-0.15, -0.1) is 0 Å². The second-order valence-corrected chi connectivity index (χ2v) is 7.48. The Bertz CT molecular complexity index is 1090. The summed E-state index contributed by atoms with van der Waals surface area (Å²) in [5.74, 6) is -1.73. The van der Waals surface area contributed by atoms with Crippen molar-refractivity contribution in [1.82, 2.24) is 10.2 Å². The fourth-order valence-electron chi connectivity index (χ4n) is 3.81. The number of nitrogens with one attached hydrogen (secondary N) is 1. The first-order chi connectivity index (χ1) is 15.7. The topological polar surface area (TPSA) is 76.4 Å². The molecule has 0 saturated carbocycles. The van der Waals surface area contributed by atoms with E-state index in [0.717, 1.165) is 23.1 Å². The number of anilines is 1. The van der Waals surface area contributed by atoms with Crippen LogP contribution in [-0.4, -0.2) is 41.9 Å². The van der Waals surface area contributed by atoms with Gasteiger partial charge >= 0.3 is 6.18 Å². The number of rotatable bonds is 3. The van der Waals surface area contributed by atoms with Gasteiger partial charge in [-0.3, -0.25) is 14.5 Å². The standard InChI is InChI=1S/C21H16F4N4O2.C2H6/c22-16-7-14(8-26)3-6-17(16)28-10-18(30)29(20(19(28)31)11-27-12-20)9-13-1-4-15(5-2-13)21(23,24)25;1-2/h1-7,27H,9-12H2;1-2H3. The van der Waals surface area contributed by atoms with Gasteiger partial charge in [-0.25, -0.2) is 4.39 Å². The molecule has 2 heterocycles. The fraction of sp³-hybridized carbons (Fsp3) is 0.348. The number of carbonyl (C=O) groups is 2. The summed E-state index contributed by atoms with van der Waals surface area (Å²) >= 11 is 0. The van der Waals surface area contributed by atoms with E-state index >= 15 is 0 Å². The molecule has 4 rings (SSSR count). The molecule has 0 aliphatic carbocycles. The maximum Gasteiger partial charge on any atom is 0.416 e. The van der Waals surface area contributed by atoms with Crippen LogP contribution in [-0.2, 0) is 22.3 Å². The molecule has 2 aliphatic rings. The van der Waals surface area contributed by atoms with Gasteiger partial charge in [0.25, 0.3) is 5.91 Å². The Morgan fingerprint density at radius 1 is 1.09 bits per heavy atom. The lowest BCUT2D eigenvalue weighted by Gasteiger charge is -2.54. The number of hydrogen-bond donors (Lipinski definition) is 1. The third-order valence-corrected chi connectivity index (χ3v) is 5.58. The van der Waals surface area contributed by atoms with Crippen LogP contribution in [0.15, 0.2) is 42.5 Å². The lowest BCUT2D eigenvalue weighted by atomic mass is 9.85. The minimum absolute atomic E-state index is 0.0475. The molecule has 0 radical (unpaired) electrons. The first-order valence-corrected chi connectivity index (χ1v) is 10.3.